The van der Waals surface area contributed by atoms with Gasteiger partial charge in [0.15, 0.2) is 0 Å². The Hall–Kier alpha value is -0.920. The molecule has 0 aromatic heterocycles. The predicted octanol–water partition coefficient (Wildman–Crippen LogP) is 3.76. The molecule has 0 N–H and O–H groups in total. The van der Waals surface area contributed by atoms with Gasteiger partial charge in [0.25, 0.3) is 5.92 Å². The summed E-state index contributed by atoms with van der Waals surface area (Å²) in [4.78, 5) is 0. The second-order valence-corrected chi connectivity index (χ2v) is 4.76. The normalized spacial score (nSPS) is 37.1. The SMILES string of the molecule is FC1(F)[C@@H]2CCCC[C@@]21c1ccccc1. The van der Waals surface area contributed by atoms with E-state index < -0.39 is 11.3 Å². The Morgan fingerprint density at radius 1 is 1.07 bits per heavy atom. The maximum Gasteiger partial charge on any atom is 0.261 e. The number of alkyl halides is 2. The number of benzene rings is 1. The molecule has 2 fully saturated rings. The number of halogens is 2. The second-order valence-electron chi connectivity index (χ2n) is 4.76. The highest BCUT2D eigenvalue weighted by Gasteiger charge is 2.80. The highest BCUT2D eigenvalue weighted by atomic mass is 19.3. The van der Waals surface area contributed by atoms with Crippen LogP contribution >= 0.6 is 0 Å². The van der Waals surface area contributed by atoms with Crippen molar-refractivity contribution in [2.45, 2.75) is 37.0 Å². The van der Waals surface area contributed by atoms with E-state index in [0.29, 0.717) is 12.8 Å². The highest BCUT2D eigenvalue weighted by molar-refractivity contribution is 5.41. The fourth-order valence-corrected chi connectivity index (χ4v) is 3.33. The Kier molecular flexibility index (Phi) is 1.74. The molecular formula is C13H14F2. The Bertz CT molecular complexity index is 371. The summed E-state index contributed by atoms with van der Waals surface area (Å²) in [7, 11) is 0. The van der Waals surface area contributed by atoms with Gasteiger partial charge in [-0.2, -0.15) is 0 Å². The van der Waals surface area contributed by atoms with Crippen molar-refractivity contribution in [1.82, 2.24) is 0 Å². The Morgan fingerprint density at radius 3 is 2.47 bits per heavy atom. The van der Waals surface area contributed by atoms with Crippen LogP contribution in [-0.2, 0) is 5.41 Å². The van der Waals surface area contributed by atoms with Crippen molar-refractivity contribution in [3.05, 3.63) is 35.9 Å². The lowest BCUT2D eigenvalue weighted by Gasteiger charge is -2.20. The van der Waals surface area contributed by atoms with E-state index in [1.165, 1.54) is 0 Å². The van der Waals surface area contributed by atoms with Crippen molar-refractivity contribution in [2.75, 3.05) is 0 Å². The first-order valence-electron chi connectivity index (χ1n) is 5.63. The minimum Gasteiger partial charge on any atom is -0.205 e. The molecule has 2 saturated carbocycles. The molecule has 15 heavy (non-hydrogen) atoms. The first-order chi connectivity index (χ1) is 7.19. The van der Waals surface area contributed by atoms with E-state index >= 15 is 0 Å². The van der Waals surface area contributed by atoms with Crippen LogP contribution in [0, 0.1) is 5.92 Å². The Labute approximate surface area is 88.3 Å². The van der Waals surface area contributed by atoms with Gasteiger partial charge in [-0.05, 0) is 18.4 Å². The summed E-state index contributed by atoms with van der Waals surface area (Å²) in [5.41, 5.74) is 0.0478. The van der Waals surface area contributed by atoms with Crippen molar-refractivity contribution in [3.63, 3.8) is 0 Å². The van der Waals surface area contributed by atoms with E-state index in [2.05, 4.69) is 0 Å². The standard InChI is InChI=1S/C13H14F2/c14-13(15)11-8-4-5-9-12(11,13)10-6-2-1-3-7-10/h1-3,6-7,11H,4-5,8-9H2/t11-,12-/m1/s1. The fourth-order valence-electron chi connectivity index (χ4n) is 3.33. The molecule has 0 amide bonds. The molecule has 2 aliphatic rings. The minimum absolute atomic E-state index is 0.388. The van der Waals surface area contributed by atoms with E-state index in [1.54, 1.807) is 0 Å². The summed E-state index contributed by atoms with van der Waals surface area (Å²) in [5, 5.41) is 0. The molecule has 0 aliphatic heterocycles. The molecule has 0 unspecified atom stereocenters. The van der Waals surface area contributed by atoms with Gasteiger partial charge < -0.3 is 0 Å². The van der Waals surface area contributed by atoms with Gasteiger partial charge in [-0.3, -0.25) is 0 Å². The van der Waals surface area contributed by atoms with Gasteiger partial charge in [-0.15, -0.1) is 0 Å². The van der Waals surface area contributed by atoms with Gasteiger partial charge in [0, 0.05) is 5.92 Å². The van der Waals surface area contributed by atoms with E-state index in [-0.39, 0.29) is 5.92 Å². The molecule has 0 heterocycles. The zero-order chi connectivity index (χ0) is 10.5. The van der Waals surface area contributed by atoms with Crippen LogP contribution in [0.5, 0.6) is 0 Å². The van der Waals surface area contributed by atoms with Gasteiger partial charge in [0.05, 0.1) is 5.41 Å². The average molecular weight is 208 g/mol. The van der Waals surface area contributed by atoms with Gasteiger partial charge >= 0.3 is 0 Å². The quantitative estimate of drug-likeness (QED) is 0.659. The molecule has 2 heteroatoms. The van der Waals surface area contributed by atoms with Crippen LogP contribution in [0.25, 0.3) is 0 Å². The van der Waals surface area contributed by atoms with E-state index in [1.807, 2.05) is 30.3 Å². The maximum atomic E-state index is 13.8. The molecule has 0 nitrogen and oxygen atoms in total. The molecule has 0 radical (unpaired) electrons. The zero-order valence-corrected chi connectivity index (χ0v) is 8.55. The molecule has 3 rings (SSSR count). The Balaban J connectivity index is 2.04. The molecule has 1 aromatic rings. The lowest BCUT2D eigenvalue weighted by molar-refractivity contribution is 0.0765. The topological polar surface area (TPSA) is 0 Å². The van der Waals surface area contributed by atoms with Crippen LogP contribution < -0.4 is 0 Å². The largest absolute Gasteiger partial charge is 0.261 e. The monoisotopic (exact) mass is 208 g/mol. The van der Waals surface area contributed by atoms with Crippen LogP contribution in [0.4, 0.5) is 8.78 Å². The molecule has 2 atom stereocenters. The molecule has 2 aliphatic carbocycles. The molecule has 0 saturated heterocycles. The van der Waals surface area contributed by atoms with Gasteiger partial charge in [0.2, 0.25) is 0 Å². The zero-order valence-electron chi connectivity index (χ0n) is 8.55. The molecule has 0 spiro atoms. The molecule has 1 aromatic carbocycles. The van der Waals surface area contributed by atoms with E-state index in [4.69, 9.17) is 0 Å². The molecule has 0 bridgehead atoms. The predicted molar refractivity (Wildman–Crippen MR) is 55.0 cm³/mol. The van der Waals surface area contributed by atoms with Crippen molar-refractivity contribution < 1.29 is 8.78 Å². The summed E-state index contributed by atoms with van der Waals surface area (Å²) in [6.07, 6.45) is 3.27. The average Bonchev–Trinajstić information content (AvgIpc) is 2.80. The first kappa shape index (κ1) is 9.32. The third-order valence-corrected chi connectivity index (χ3v) is 4.15. The van der Waals surface area contributed by atoms with Crippen LogP contribution in [0.15, 0.2) is 30.3 Å². The van der Waals surface area contributed by atoms with Crippen molar-refractivity contribution in [1.29, 1.82) is 0 Å². The van der Waals surface area contributed by atoms with Crippen LogP contribution in [0.1, 0.15) is 31.2 Å². The lowest BCUT2D eigenvalue weighted by atomic mass is 9.82. The summed E-state index contributed by atoms with van der Waals surface area (Å²) in [6, 6.07) is 9.34. The van der Waals surface area contributed by atoms with Crippen LogP contribution in [0.2, 0.25) is 0 Å². The second kappa shape index (κ2) is 2.81. The number of fused-ring (bicyclic) bond motifs is 1. The third-order valence-electron chi connectivity index (χ3n) is 4.15. The summed E-state index contributed by atoms with van der Waals surface area (Å²) in [6.45, 7) is 0. The fraction of sp³-hybridized carbons (Fsp3) is 0.538. The number of hydrogen-bond donors (Lipinski definition) is 0. The maximum absolute atomic E-state index is 13.8. The summed E-state index contributed by atoms with van der Waals surface area (Å²) < 4.78 is 27.7. The van der Waals surface area contributed by atoms with Gasteiger partial charge in [0.1, 0.15) is 0 Å². The minimum atomic E-state index is -2.45. The van der Waals surface area contributed by atoms with Crippen molar-refractivity contribution >= 4 is 0 Å². The summed E-state index contributed by atoms with van der Waals surface area (Å²) in [5.74, 6) is -2.84. The van der Waals surface area contributed by atoms with E-state index in [9.17, 15) is 8.78 Å². The van der Waals surface area contributed by atoms with Crippen LogP contribution in [-0.4, -0.2) is 5.92 Å². The highest BCUT2D eigenvalue weighted by Crippen LogP contribution is 2.72. The third kappa shape index (κ3) is 1.000. The molecule has 80 valence electrons. The first-order valence-corrected chi connectivity index (χ1v) is 5.63. The number of hydrogen-bond acceptors (Lipinski definition) is 0. The van der Waals surface area contributed by atoms with Gasteiger partial charge in [-0.1, -0.05) is 43.2 Å². The summed E-state index contributed by atoms with van der Waals surface area (Å²) >= 11 is 0. The smallest absolute Gasteiger partial charge is 0.205 e. The lowest BCUT2D eigenvalue weighted by Crippen LogP contribution is -2.18. The van der Waals surface area contributed by atoms with Gasteiger partial charge in [-0.25, -0.2) is 8.78 Å². The molecular weight excluding hydrogens is 194 g/mol. The van der Waals surface area contributed by atoms with Crippen molar-refractivity contribution in [2.24, 2.45) is 5.92 Å². The number of rotatable bonds is 1. The van der Waals surface area contributed by atoms with Crippen molar-refractivity contribution in [3.8, 4) is 0 Å². The van der Waals surface area contributed by atoms with E-state index in [0.717, 1.165) is 18.4 Å². The van der Waals surface area contributed by atoms with Crippen LogP contribution in [0.3, 0.4) is 0 Å². The Morgan fingerprint density at radius 2 is 1.80 bits per heavy atom.